The molecule has 0 amide bonds. The third kappa shape index (κ3) is 8.22. The molecule has 0 aliphatic carbocycles. The first-order chi connectivity index (χ1) is 12.0. The molecule has 26 heavy (non-hydrogen) atoms. The number of nitrogens with one attached hydrogen (secondary N) is 2. The van der Waals surface area contributed by atoms with Crippen molar-refractivity contribution >= 4 is 39.8 Å². The topological polar surface area (TPSA) is 73.8 Å². The van der Waals surface area contributed by atoms with Crippen molar-refractivity contribution in [2.75, 3.05) is 46.0 Å². The van der Waals surface area contributed by atoms with E-state index >= 15 is 0 Å². The van der Waals surface area contributed by atoms with E-state index in [-0.39, 0.29) is 24.0 Å². The van der Waals surface area contributed by atoms with Gasteiger partial charge in [0.25, 0.3) is 0 Å². The standard InChI is InChI=1S/C18H30N4O2S.HI/c1-19-18(21-12-15-22-13-4-3-5-14-22)20-11-10-16-6-8-17(9-7-16)25(2,23)24;/h6-9H,3-5,10-15H2,1-2H3,(H2,19,20,21);1H. The van der Waals surface area contributed by atoms with E-state index in [4.69, 9.17) is 0 Å². The van der Waals surface area contributed by atoms with Gasteiger partial charge in [-0.15, -0.1) is 24.0 Å². The molecule has 1 saturated heterocycles. The fourth-order valence-corrected chi connectivity index (χ4v) is 3.60. The summed E-state index contributed by atoms with van der Waals surface area (Å²) in [6.45, 7) is 5.10. The zero-order valence-corrected chi connectivity index (χ0v) is 18.8. The number of hydrogen-bond acceptors (Lipinski definition) is 4. The smallest absolute Gasteiger partial charge is 0.191 e. The second-order valence-corrected chi connectivity index (χ2v) is 8.51. The highest BCUT2D eigenvalue weighted by Crippen LogP contribution is 2.10. The number of rotatable bonds is 7. The fraction of sp³-hybridized carbons (Fsp3) is 0.611. The molecule has 1 fully saturated rings. The first-order valence-electron chi connectivity index (χ1n) is 8.95. The molecule has 148 valence electrons. The number of hydrogen-bond donors (Lipinski definition) is 2. The molecule has 0 spiro atoms. The Labute approximate surface area is 174 Å². The highest BCUT2D eigenvalue weighted by atomic mass is 127. The van der Waals surface area contributed by atoms with Crippen LogP contribution in [-0.2, 0) is 16.3 Å². The van der Waals surface area contributed by atoms with E-state index in [1.54, 1.807) is 19.2 Å². The van der Waals surface area contributed by atoms with Crippen molar-refractivity contribution in [3.05, 3.63) is 29.8 Å². The number of guanidine groups is 1. The van der Waals surface area contributed by atoms with Gasteiger partial charge in [0.05, 0.1) is 4.90 Å². The summed E-state index contributed by atoms with van der Waals surface area (Å²) >= 11 is 0. The van der Waals surface area contributed by atoms with E-state index in [0.29, 0.717) is 4.90 Å². The minimum Gasteiger partial charge on any atom is -0.356 e. The monoisotopic (exact) mass is 494 g/mol. The SMILES string of the molecule is CN=C(NCCc1ccc(S(C)(=O)=O)cc1)NCCN1CCCCC1.I. The van der Waals surface area contributed by atoms with Gasteiger partial charge in [0.15, 0.2) is 15.8 Å². The maximum Gasteiger partial charge on any atom is 0.191 e. The lowest BCUT2D eigenvalue weighted by molar-refractivity contribution is 0.232. The van der Waals surface area contributed by atoms with Crippen molar-refractivity contribution in [2.45, 2.75) is 30.6 Å². The van der Waals surface area contributed by atoms with Gasteiger partial charge in [-0.2, -0.15) is 0 Å². The molecule has 1 aliphatic rings. The maximum atomic E-state index is 11.5. The zero-order valence-electron chi connectivity index (χ0n) is 15.7. The van der Waals surface area contributed by atoms with Crippen LogP contribution in [0.15, 0.2) is 34.2 Å². The summed E-state index contributed by atoms with van der Waals surface area (Å²) in [5.41, 5.74) is 1.10. The summed E-state index contributed by atoms with van der Waals surface area (Å²) in [5, 5.41) is 6.65. The lowest BCUT2D eigenvalue weighted by atomic mass is 10.1. The highest BCUT2D eigenvalue weighted by Gasteiger charge is 2.09. The molecule has 1 aromatic carbocycles. The fourth-order valence-electron chi connectivity index (χ4n) is 2.96. The Kier molecular flexibility index (Phi) is 10.5. The number of likely N-dealkylation sites (tertiary alicyclic amines) is 1. The summed E-state index contributed by atoms with van der Waals surface area (Å²) in [5.74, 6) is 0.810. The van der Waals surface area contributed by atoms with Crippen LogP contribution < -0.4 is 10.6 Å². The minimum absolute atomic E-state index is 0. The van der Waals surface area contributed by atoms with Crippen molar-refractivity contribution < 1.29 is 8.42 Å². The van der Waals surface area contributed by atoms with Gasteiger partial charge < -0.3 is 15.5 Å². The molecule has 1 aromatic rings. The molecule has 6 nitrogen and oxygen atoms in total. The van der Waals surface area contributed by atoms with E-state index in [2.05, 4.69) is 20.5 Å². The molecule has 2 rings (SSSR count). The van der Waals surface area contributed by atoms with Gasteiger partial charge >= 0.3 is 0 Å². The van der Waals surface area contributed by atoms with Crippen LogP contribution in [0.5, 0.6) is 0 Å². The predicted octanol–water partition coefficient (Wildman–Crippen LogP) is 1.90. The predicted molar refractivity (Wildman–Crippen MR) is 118 cm³/mol. The maximum absolute atomic E-state index is 11.5. The van der Waals surface area contributed by atoms with Crippen LogP contribution in [0.2, 0.25) is 0 Å². The molecular weight excluding hydrogens is 463 g/mol. The molecule has 1 heterocycles. The lowest BCUT2D eigenvalue weighted by Gasteiger charge is -2.26. The quantitative estimate of drug-likeness (QED) is 0.344. The van der Waals surface area contributed by atoms with Crippen molar-refractivity contribution in [1.82, 2.24) is 15.5 Å². The van der Waals surface area contributed by atoms with Gasteiger partial charge in [-0.25, -0.2) is 8.42 Å². The normalized spacial score (nSPS) is 16.0. The summed E-state index contributed by atoms with van der Waals surface area (Å²) < 4.78 is 22.9. The minimum atomic E-state index is -3.13. The van der Waals surface area contributed by atoms with E-state index < -0.39 is 9.84 Å². The summed E-state index contributed by atoms with van der Waals surface area (Å²) in [7, 11) is -1.35. The van der Waals surface area contributed by atoms with E-state index in [9.17, 15) is 8.42 Å². The number of sulfone groups is 1. The third-order valence-corrected chi connectivity index (χ3v) is 5.58. The molecule has 0 radical (unpaired) electrons. The largest absolute Gasteiger partial charge is 0.356 e. The van der Waals surface area contributed by atoms with Crippen LogP contribution in [0.3, 0.4) is 0 Å². The van der Waals surface area contributed by atoms with E-state index in [0.717, 1.165) is 37.6 Å². The lowest BCUT2D eigenvalue weighted by Crippen LogP contribution is -2.43. The Bertz CT molecular complexity index is 656. The average molecular weight is 494 g/mol. The molecule has 1 aliphatic heterocycles. The van der Waals surface area contributed by atoms with Gasteiger partial charge in [0, 0.05) is 32.9 Å². The molecule has 0 unspecified atom stereocenters. The Morgan fingerprint density at radius 1 is 1.08 bits per heavy atom. The van der Waals surface area contributed by atoms with Crippen LogP contribution in [0.4, 0.5) is 0 Å². The van der Waals surface area contributed by atoms with Crippen LogP contribution in [0.1, 0.15) is 24.8 Å². The van der Waals surface area contributed by atoms with Crippen LogP contribution >= 0.6 is 24.0 Å². The molecule has 0 saturated carbocycles. The zero-order chi connectivity index (χ0) is 18.1. The van der Waals surface area contributed by atoms with Crippen LogP contribution in [0.25, 0.3) is 0 Å². The van der Waals surface area contributed by atoms with Gasteiger partial charge in [-0.05, 0) is 50.0 Å². The average Bonchev–Trinajstić information content (AvgIpc) is 2.61. The number of aliphatic imine (C=N–C) groups is 1. The van der Waals surface area contributed by atoms with Gasteiger partial charge in [0.2, 0.25) is 0 Å². The summed E-state index contributed by atoms with van der Waals surface area (Å²) in [6, 6.07) is 7.06. The first kappa shape index (κ1) is 23.2. The number of piperidine rings is 1. The number of nitrogens with zero attached hydrogens (tertiary/aromatic N) is 2. The van der Waals surface area contributed by atoms with Gasteiger partial charge in [-0.1, -0.05) is 18.6 Å². The molecule has 0 atom stereocenters. The third-order valence-electron chi connectivity index (χ3n) is 4.45. The molecular formula is C18H31IN4O2S. The number of benzene rings is 1. The van der Waals surface area contributed by atoms with Crippen molar-refractivity contribution in [3.63, 3.8) is 0 Å². The Morgan fingerprint density at radius 2 is 1.69 bits per heavy atom. The first-order valence-corrected chi connectivity index (χ1v) is 10.8. The van der Waals surface area contributed by atoms with Crippen molar-refractivity contribution in [2.24, 2.45) is 4.99 Å². The van der Waals surface area contributed by atoms with Crippen LogP contribution in [0, 0.1) is 0 Å². The Balaban J connectivity index is 0.00000338. The van der Waals surface area contributed by atoms with E-state index in [1.807, 2.05) is 12.1 Å². The van der Waals surface area contributed by atoms with Gasteiger partial charge in [-0.3, -0.25) is 4.99 Å². The van der Waals surface area contributed by atoms with Crippen molar-refractivity contribution in [3.8, 4) is 0 Å². The summed E-state index contributed by atoms with van der Waals surface area (Å²) in [4.78, 5) is 7.10. The second-order valence-electron chi connectivity index (χ2n) is 6.49. The second kappa shape index (κ2) is 11.8. The Hall–Kier alpha value is -0.870. The highest BCUT2D eigenvalue weighted by molar-refractivity contribution is 14.0. The molecule has 2 N–H and O–H groups in total. The van der Waals surface area contributed by atoms with Gasteiger partial charge in [0.1, 0.15) is 0 Å². The van der Waals surface area contributed by atoms with E-state index in [1.165, 1.54) is 38.6 Å². The summed E-state index contributed by atoms with van der Waals surface area (Å²) in [6.07, 6.45) is 6.02. The van der Waals surface area contributed by atoms with Crippen LogP contribution in [-0.4, -0.2) is 65.3 Å². The molecule has 0 aromatic heterocycles. The molecule has 0 bridgehead atoms. The Morgan fingerprint density at radius 3 is 2.27 bits per heavy atom. The molecule has 8 heteroatoms. The number of halogens is 1. The van der Waals surface area contributed by atoms with Crippen molar-refractivity contribution in [1.29, 1.82) is 0 Å².